The third-order valence-corrected chi connectivity index (χ3v) is 7.90. The van der Waals surface area contributed by atoms with Crippen molar-refractivity contribution in [2.45, 2.75) is 38.5 Å². The van der Waals surface area contributed by atoms with Gasteiger partial charge in [0.25, 0.3) is 0 Å². The molecule has 1 amide bonds. The van der Waals surface area contributed by atoms with Gasteiger partial charge in [0.15, 0.2) is 0 Å². The van der Waals surface area contributed by atoms with E-state index in [2.05, 4.69) is 10.2 Å². The summed E-state index contributed by atoms with van der Waals surface area (Å²) < 4.78 is 26.7. The van der Waals surface area contributed by atoms with Crippen molar-refractivity contribution in [2.75, 3.05) is 43.4 Å². The third kappa shape index (κ3) is 5.84. The molecule has 2 fully saturated rings. The van der Waals surface area contributed by atoms with E-state index in [-0.39, 0.29) is 18.2 Å². The molecule has 1 aromatic rings. The number of hydrogen-bond acceptors (Lipinski definition) is 4. The average Bonchev–Trinajstić information content (AvgIpc) is 2.69. The first-order valence-electron chi connectivity index (χ1n) is 10.2. The summed E-state index contributed by atoms with van der Waals surface area (Å²) in [5.41, 5.74) is 0.941. The van der Waals surface area contributed by atoms with Crippen molar-refractivity contribution in [1.82, 2.24) is 9.62 Å². The minimum absolute atomic E-state index is 0.0226. The number of piperazine rings is 1. The van der Waals surface area contributed by atoms with Crippen molar-refractivity contribution in [3.63, 3.8) is 0 Å². The van der Waals surface area contributed by atoms with E-state index in [1.54, 1.807) is 0 Å². The molecule has 1 saturated carbocycles. The number of halogens is 1. The van der Waals surface area contributed by atoms with Gasteiger partial charge < -0.3 is 10.2 Å². The first-order valence-corrected chi connectivity index (χ1v) is 12.2. The standard InChI is InChI=1S/C20H30ClN3O3S/c21-18-8-4-5-9-19(18)23-11-13-24(14-12-23)28(26,27)15-10-22-20(25)16-17-6-2-1-3-7-17/h4-5,8-9,17H,1-3,6-7,10-16H2,(H,22,25). The van der Waals surface area contributed by atoms with E-state index in [1.165, 1.54) is 23.6 Å². The van der Waals surface area contributed by atoms with Gasteiger partial charge in [-0.2, -0.15) is 4.31 Å². The van der Waals surface area contributed by atoms with Crippen LogP contribution in [0, 0.1) is 5.92 Å². The van der Waals surface area contributed by atoms with Crippen molar-refractivity contribution < 1.29 is 13.2 Å². The maximum absolute atomic E-state index is 12.6. The monoisotopic (exact) mass is 427 g/mol. The lowest BCUT2D eigenvalue weighted by atomic mass is 9.87. The SMILES string of the molecule is O=C(CC1CCCCC1)NCCS(=O)(=O)N1CCN(c2ccccc2Cl)CC1. The molecule has 1 heterocycles. The number of hydrogen-bond donors (Lipinski definition) is 1. The zero-order valence-corrected chi connectivity index (χ0v) is 17.8. The zero-order chi connectivity index (χ0) is 20.0. The topological polar surface area (TPSA) is 69.7 Å². The molecule has 28 heavy (non-hydrogen) atoms. The van der Waals surface area contributed by atoms with E-state index in [1.807, 2.05) is 24.3 Å². The molecule has 8 heteroatoms. The largest absolute Gasteiger partial charge is 0.368 e. The second-order valence-electron chi connectivity index (χ2n) is 7.71. The van der Waals surface area contributed by atoms with Gasteiger partial charge in [-0.25, -0.2) is 8.42 Å². The summed E-state index contributed by atoms with van der Waals surface area (Å²) in [5, 5.41) is 3.47. The number of para-hydroxylation sites is 1. The van der Waals surface area contributed by atoms with E-state index in [9.17, 15) is 13.2 Å². The molecule has 0 bridgehead atoms. The zero-order valence-electron chi connectivity index (χ0n) is 16.3. The fourth-order valence-corrected chi connectivity index (χ4v) is 5.68. The second-order valence-corrected chi connectivity index (χ2v) is 10.2. The summed E-state index contributed by atoms with van der Waals surface area (Å²) in [5.74, 6) is 0.393. The van der Waals surface area contributed by atoms with Crippen LogP contribution in [0.15, 0.2) is 24.3 Å². The van der Waals surface area contributed by atoms with Gasteiger partial charge in [0.1, 0.15) is 0 Å². The number of sulfonamides is 1. The molecule has 156 valence electrons. The fourth-order valence-electron chi connectivity index (χ4n) is 4.09. The molecule has 1 aliphatic heterocycles. The van der Waals surface area contributed by atoms with Crippen LogP contribution in [0.2, 0.25) is 5.02 Å². The van der Waals surface area contributed by atoms with Gasteiger partial charge in [-0.3, -0.25) is 4.79 Å². The van der Waals surface area contributed by atoms with Crippen LogP contribution in [0.3, 0.4) is 0 Å². The van der Waals surface area contributed by atoms with Crippen LogP contribution < -0.4 is 10.2 Å². The Hall–Kier alpha value is -1.31. The number of carbonyl (C=O) groups excluding carboxylic acids is 1. The smallest absolute Gasteiger partial charge is 0.220 e. The molecule has 0 unspecified atom stereocenters. The molecular formula is C20H30ClN3O3S. The van der Waals surface area contributed by atoms with Crippen molar-refractivity contribution in [1.29, 1.82) is 0 Å². The maximum Gasteiger partial charge on any atom is 0.220 e. The van der Waals surface area contributed by atoms with Crippen molar-refractivity contribution in [3.05, 3.63) is 29.3 Å². The fraction of sp³-hybridized carbons (Fsp3) is 0.650. The Kier molecular flexibility index (Phi) is 7.60. The summed E-state index contributed by atoms with van der Waals surface area (Å²) >= 11 is 6.24. The molecule has 0 spiro atoms. The normalized spacial score (nSPS) is 19.5. The van der Waals surface area contributed by atoms with Crippen molar-refractivity contribution in [3.8, 4) is 0 Å². The Bertz CT molecular complexity index is 758. The number of carbonyl (C=O) groups is 1. The predicted octanol–water partition coefficient (Wildman–Crippen LogP) is 2.88. The lowest BCUT2D eigenvalue weighted by Crippen LogP contribution is -2.50. The molecule has 0 aromatic heterocycles. The van der Waals surface area contributed by atoms with Gasteiger partial charge in [-0.15, -0.1) is 0 Å². The second kappa shape index (κ2) is 9.94. The number of rotatable bonds is 7. The molecule has 1 N–H and O–H groups in total. The lowest BCUT2D eigenvalue weighted by molar-refractivity contribution is -0.122. The van der Waals surface area contributed by atoms with Crippen LogP contribution in [-0.2, 0) is 14.8 Å². The van der Waals surface area contributed by atoms with Crippen LogP contribution >= 0.6 is 11.6 Å². The van der Waals surface area contributed by atoms with E-state index < -0.39 is 10.0 Å². The Balaban J connectivity index is 1.41. The average molecular weight is 428 g/mol. The number of amides is 1. The van der Waals surface area contributed by atoms with Crippen LogP contribution in [0.1, 0.15) is 38.5 Å². The van der Waals surface area contributed by atoms with Gasteiger partial charge in [-0.1, -0.05) is 43.0 Å². The first kappa shape index (κ1) is 21.4. The third-order valence-electron chi connectivity index (χ3n) is 5.71. The number of anilines is 1. The van der Waals surface area contributed by atoms with Gasteiger partial charge in [-0.05, 0) is 30.9 Å². The van der Waals surface area contributed by atoms with Crippen LogP contribution in [0.25, 0.3) is 0 Å². The minimum atomic E-state index is -3.37. The predicted molar refractivity (Wildman–Crippen MR) is 113 cm³/mol. The summed E-state index contributed by atoms with van der Waals surface area (Å²) in [4.78, 5) is 14.2. The summed E-state index contributed by atoms with van der Waals surface area (Å²) in [6.07, 6.45) is 6.42. The highest BCUT2D eigenvalue weighted by atomic mass is 35.5. The van der Waals surface area contributed by atoms with Crippen molar-refractivity contribution >= 4 is 33.2 Å². The number of benzene rings is 1. The minimum Gasteiger partial charge on any atom is -0.368 e. The molecule has 1 aliphatic carbocycles. The van der Waals surface area contributed by atoms with Gasteiger partial charge in [0.05, 0.1) is 16.5 Å². The highest BCUT2D eigenvalue weighted by Crippen LogP contribution is 2.27. The lowest BCUT2D eigenvalue weighted by Gasteiger charge is -2.35. The van der Waals surface area contributed by atoms with Crippen LogP contribution in [0.4, 0.5) is 5.69 Å². The number of nitrogens with zero attached hydrogens (tertiary/aromatic N) is 2. The molecule has 0 atom stereocenters. The summed E-state index contributed by atoms with van der Waals surface area (Å²) in [6, 6.07) is 7.61. The maximum atomic E-state index is 12.6. The Morgan fingerprint density at radius 1 is 1.07 bits per heavy atom. The summed E-state index contributed by atoms with van der Waals surface area (Å²) in [6.45, 7) is 2.26. The van der Waals surface area contributed by atoms with E-state index in [0.717, 1.165) is 18.5 Å². The van der Waals surface area contributed by atoms with Crippen LogP contribution in [-0.4, -0.2) is 57.1 Å². The highest BCUT2D eigenvalue weighted by Gasteiger charge is 2.27. The Morgan fingerprint density at radius 3 is 2.43 bits per heavy atom. The van der Waals surface area contributed by atoms with Crippen LogP contribution in [0.5, 0.6) is 0 Å². The molecule has 3 rings (SSSR count). The molecule has 0 radical (unpaired) electrons. The summed E-state index contributed by atoms with van der Waals surface area (Å²) in [7, 11) is -3.37. The number of nitrogens with one attached hydrogen (secondary N) is 1. The molecule has 1 saturated heterocycles. The Labute approximate surface area is 173 Å². The molecular weight excluding hydrogens is 398 g/mol. The first-order chi connectivity index (χ1) is 13.5. The van der Waals surface area contributed by atoms with Gasteiger partial charge in [0.2, 0.25) is 15.9 Å². The van der Waals surface area contributed by atoms with E-state index >= 15 is 0 Å². The van der Waals surface area contributed by atoms with Gasteiger partial charge in [0, 0.05) is 39.1 Å². The van der Waals surface area contributed by atoms with Crippen molar-refractivity contribution in [2.24, 2.45) is 5.92 Å². The Morgan fingerprint density at radius 2 is 1.75 bits per heavy atom. The molecule has 2 aliphatic rings. The highest BCUT2D eigenvalue weighted by molar-refractivity contribution is 7.89. The molecule has 1 aromatic carbocycles. The van der Waals surface area contributed by atoms with E-state index in [0.29, 0.717) is 43.5 Å². The molecule has 6 nitrogen and oxygen atoms in total. The van der Waals surface area contributed by atoms with E-state index in [4.69, 9.17) is 11.6 Å². The quantitative estimate of drug-likeness (QED) is 0.726. The van der Waals surface area contributed by atoms with Gasteiger partial charge >= 0.3 is 0 Å².